The number of hydrogen-bond donors (Lipinski definition) is 1. The Morgan fingerprint density at radius 3 is 2.43 bits per heavy atom. The molecule has 3 nitrogen and oxygen atoms in total. The molecule has 1 N–H and O–H groups in total. The van der Waals surface area contributed by atoms with Crippen LogP contribution >= 0.6 is 11.3 Å². The molecule has 0 unspecified atom stereocenters. The zero-order chi connectivity index (χ0) is 16.8. The van der Waals surface area contributed by atoms with Gasteiger partial charge in [-0.2, -0.15) is 11.3 Å². The summed E-state index contributed by atoms with van der Waals surface area (Å²) in [5, 5.41) is 13.1. The highest BCUT2D eigenvalue weighted by molar-refractivity contribution is 7.08. The number of carboxylic acid groups (broad SMARTS) is 1. The summed E-state index contributed by atoms with van der Waals surface area (Å²) < 4.78 is 0. The van der Waals surface area contributed by atoms with Crippen molar-refractivity contribution in [2.75, 3.05) is 20.1 Å². The molecule has 0 aliphatic heterocycles. The number of rotatable bonds is 7. The van der Waals surface area contributed by atoms with E-state index in [2.05, 4.69) is 61.0 Å². The first kappa shape index (κ1) is 17.4. The Morgan fingerprint density at radius 2 is 1.91 bits per heavy atom. The Bertz CT molecular complexity index is 657. The van der Waals surface area contributed by atoms with Crippen molar-refractivity contribution in [3.8, 4) is 0 Å². The van der Waals surface area contributed by atoms with E-state index in [1.54, 1.807) is 16.2 Å². The molecule has 4 heteroatoms. The van der Waals surface area contributed by atoms with Gasteiger partial charge in [0.1, 0.15) is 0 Å². The van der Waals surface area contributed by atoms with E-state index in [0.717, 1.165) is 11.1 Å². The molecule has 1 aromatic carbocycles. The number of aliphatic carboxylic acids is 1. The van der Waals surface area contributed by atoms with Crippen LogP contribution < -0.4 is 0 Å². The number of thiophene rings is 1. The second-order valence-corrected chi connectivity index (χ2v) is 6.78. The molecule has 1 heterocycles. The van der Waals surface area contributed by atoms with Gasteiger partial charge in [-0.15, -0.1) is 0 Å². The van der Waals surface area contributed by atoms with Crippen molar-refractivity contribution in [3.63, 3.8) is 0 Å². The summed E-state index contributed by atoms with van der Waals surface area (Å²) in [6.45, 7) is 5.01. The van der Waals surface area contributed by atoms with Gasteiger partial charge in [0.2, 0.25) is 0 Å². The zero-order valence-corrected chi connectivity index (χ0v) is 14.6. The molecule has 0 atom stereocenters. The number of nitrogens with zero attached hydrogens (tertiary/aromatic N) is 1. The zero-order valence-electron chi connectivity index (χ0n) is 13.8. The number of carboxylic acids is 1. The van der Waals surface area contributed by atoms with Crippen molar-refractivity contribution in [1.82, 2.24) is 4.90 Å². The Labute approximate surface area is 141 Å². The second kappa shape index (κ2) is 8.09. The van der Waals surface area contributed by atoms with Crippen molar-refractivity contribution in [2.45, 2.75) is 19.8 Å². The fourth-order valence-corrected chi connectivity index (χ4v) is 3.07. The van der Waals surface area contributed by atoms with Crippen LogP contribution in [-0.2, 0) is 4.79 Å². The number of hydrogen-bond acceptors (Lipinski definition) is 3. The van der Waals surface area contributed by atoms with Crippen LogP contribution in [-0.4, -0.2) is 36.1 Å². The van der Waals surface area contributed by atoms with E-state index in [-0.39, 0.29) is 6.54 Å². The monoisotopic (exact) mass is 329 g/mol. The lowest BCUT2D eigenvalue weighted by Crippen LogP contribution is -2.25. The Kier molecular flexibility index (Phi) is 6.13. The van der Waals surface area contributed by atoms with Crippen molar-refractivity contribution < 1.29 is 9.90 Å². The molecule has 23 heavy (non-hydrogen) atoms. The first-order valence-corrected chi connectivity index (χ1v) is 8.65. The molecule has 122 valence electrons. The average molecular weight is 329 g/mol. The molecule has 0 aliphatic rings. The lowest BCUT2D eigenvalue weighted by atomic mass is 9.96. The van der Waals surface area contributed by atoms with Crippen LogP contribution in [0.5, 0.6) is 0 Å². The molecule has 0 amide bonds. The molecule has 2 aromatic rings. The minimum Gasteiger partial charge on any atom is -0.480 e. The van der Waals surface area contributed by atoms with Crippen LogP contribution in [0.2, 0.25) is 0 Å². The van der Waals surface area contributed by atoms with Crippen LogP contribution in [0.25, 0.3) is 5.57 Å². The van der Waals surface area contributed by atoms with Crippen LogP contribution in [0.4, 0.5) is 0 Å². The minimum atomic E-state index is -0.806. The van der Waals surface area contributed by atoms with Crippen LogP contribution in [0.3, 0.4) is 0 Å². The third-order valence-corrected chi connectivity index (χ3v) is 4.42. The molecule has 0 radical (unpaired) electrons. The molecule has 1 aromatic heterocycles. The molecule has 0 fully saturated rings. The normalized spacial score (nSPS) is 12.1. The summed E-state index contributed by atoms with van der Waals surface area (Å²) in [7, 11) is 1.82. The van der Waals surface area contributed by atoms with Gasteiger partial charge in [0.25, 0.3) is 0 Å². The van der Waals surface area contributed by atoms with Gasteiger partial charge in [-0.3, -0.25) is 9.69 Å². The van der Waals surface area contributed by atoms with Gasteiger partial charge in [-0.1, -0.05) is 44.2 Å². The largest absolute Gasteiger partial charge is 0.480 e. The molecule has 0 saturated heterocycles. The van der Waals surface area contributed by atoms with Gasteiger partial charge in [0, 0.05) is 6.54 Å². The first-order valence-electron chi connectivity index (χ1n) is 7.70. The first-order chi connectivity index (χ1) is 11.0. The van der Waals surface area contributed by atoms with Gasteiger partial charge in [-0.25, -0.2) is 0 Å². The predicted octanol–water partition coefficient (Wildman–Crippen LogP) is 4.32. The SMILES string of the molecule is CC(C)c1ccc(C(=CCN(C)CC(=O)O)c2ccsc2)cc1. The summed E-state index contributed by atoms with van der Waals surface area (Å²) in [6.07, 6.45) is 2.11. The van der Waals surface area contributed by atoms with Crippen molar-refractivity contribution >= 4 is 22.9 Å². The van der Waals surface area contributed by atoms with E-state index in [1.807, 2.05) is 7.05 Å². The van der Waals surface area contributed by atoms with Gasteiger partial charge in [0.05, 0.1) is 6.54 Å². The van der Waals surface area contributed by atoms with E-state index in [1.165, 1.54) is 11.1 Å². The third-order valence-electron chi connectivity index (χ3n) is 3.73. The van der Waals surface area contributed by atoms with Gasteiger partial charge in [0.15, 0.2) is 0 Å². The lowest BCUT2D eigenvalue weighted by Gasteiger charge is -2.14. The fourth-order valence-electron chi connectivity index (χ4n) is 2.41. The lowest BCUT2D eigenvalue weighted by molar-refractivity contribution is -0.137. The summed E-state index contributed by atoms with van der Waals surface area (Å²) >= 11 is 1.67. The summed E-state index contributed by atoms with van der Waals surface area (Å²) in [5.74, 6) is -0.293. The highest BCUT2D eigenvalue weighted by atomic mass is 32.1. The Balaban J connectivity index is 2.26. The van der Waals surface area contributed by atoms with E-state index in [4.69, 9.17) is 5.11 Å². The van der Waals surface area contributed by atoms with Crippen molar-refractivity contribution in [2.24, 2.45) is 0 Å². The third kappa shape index (κ3) is 5.05. The smallest absolute Gasteiger partial charge is 0.317 e. The topological polar surface area (TPSA) is 40.5 Å². The molecule has 0 spiro atoms. The highest BCUT2D eigenvalue weighted by Crippen LogP contribution is 2.27. The van der Waals surface area contributed by atoms with E-state index in [9.17, 15) is 4.79 Å². The molecule has 0 bridgehead atoms. The van der Waals surface area contributed by atoms with Gasteiger partial charge in [-0.05, 0) is 52.1 Å². The molecule has 0 saturated carbocycles. The maximum atomic E-state index is 10.8. The van der Waals surface area contributed by atoms with Gasteiger partial charge < -0.3 is 5.11 Å². The Morgan fingerprint density at radius 1 is 1.22 bits per heavy atom. The number of likely N-dealkylation sites (N-methyl/N-ethyl adjacent to an activating group) is 1. The summed E-state index contributed by atoms with van der Waals surface area (Å²) in [5.41, 5.74) is 4.81. The fraction of sp³-hybridized carbons (Fsp3) is 0.316. The maximum absolute atomic E-state index is 10.8. The van der Waals surface area contributed by atoms with E-state index < -0.39 is 5.97 Å². The summed E-state index contributed by atoms with van der Waals surface area (Å²) in [6, 6.07) is 10.7. The Hall–Kier alpha value is -1.91. The predicted molar refractivity (Wildman–Crippen MR) is 97.1 cm³/mol. The summed E-state index contributed by atoms with van der Waals surface area (Å²) in [4.78, 5) is 12.6. The second-order valence-electron chi connectivity index (χ2n) is 6.00. The standard InChI is InChI=1S/C19H23NO2S/c1-14(2)15-4-6-16(7-5-15)18(17-9-11-23-13-17)8-10-20(3)12-19(21)22/h4-9,11,13-14H,10,12H2,1-3H3,(H,21,22). The van der Waals surface area contributed by atoms with Gasteiger partial charge >= 0.3 is 5.97 Å². The molecule has 2 rings (SSSR count). The van der Waals surface area contributed by atoms with E-state index in [0.29, 0.717) is 12.5 Å². The number of carbonyl (C=O) groups is 1. The van der Waals surface area contributed by atoms with Crippen LogP contribution in [0, 0.1) is 0 Å². The number of benzene rings is 1. The van der Waals surface area contributed by atoms with Crippen LogP contribution in [0.1, 0.15) is 36.5 Å². The molecule has 0 aliphatic carbocycles. The van der Waals surface area contributed by atoms with Crippen molar-refractivity contribution in [1.29, 1.82) is 0 Å². The molecular formula is C19H23NO2S. The molecular weight excluding hydrogens is 306 g/mol. The maximum Gasteiger partial charge on any atom is 0.317 e. The average Bonchev–Trinajstić information content (AvgIpc) is 3.01. The van der Waals surface area contributed by atoms with Crippen molar-refractivity contribution in [3.05, 3.63) is 63.9 Å². The minimum absolute atomic E-state index is 0.0414. The quantitative estimate of drug-likeness (QED) is 0.822. The van der Waals surface area contributed by atoms with E-state index >= 15 is 0 Å². The highest BCUT2D eigenvalue weighted by Gasteiger charge is 2.08. The van der Waals surface area contributed by atoms with Crippen LogP contribution in [0.15, 0.2) is 47.2 Å².